The van der Waals surface area contributed by atoms with Crippen LogP contribution in [0.3, 0.4) is 0 Å². The van der Waals surface area contributed by atoms with Crippen molar-refractivity contribution in [1.82, 2.24) is 5.32 Å². The van der Waals surface area contributed by atoms with Gasteiger partial charge in [-0.1, -0.05) is 12.1 Å². The minimum atomic E-state index is -0.786. The van der Waals surface area contributed by atoms with Gasteiger partial charge in [-0.25, -0.2) is 0 Å². The highest BCUT2D eigenvalue weighted by Gasteiger charge is 2.32. The van der Waals surface area contributed by atoms with Gasteiger partial charge in [-0.05, 0) is 44.1 Å². The molecule has 3 rings (SSSR count). The van der Waals surface area contributed by atoms with Gasteiger partial charge in [0, 0.05) is 23.2 Å². The summed E-state index contributed by atoms with van der Waals surface area (Å²) in [5.74, 6) is 1.71. The molecule has 1 aromatic heterocycles. The molecule has 1 aliphatic rings. The molecule has 1 aliphatic heterocycles. The van der Waals surface area contributed by atoms with Gasteiger partial charge in [-0.15, -0.1) is 0 Å². The number of hydrogen-bond donors (Lipinski definition) is 2. The Morgan fingerprint density at radius 1 is 1.36 bits per heavy atom. The molecule has 1 fully saturated rings. The number of nitrogens with one attached hydrogen (secondary N) is 1. The van der Waals surface area contributed by atoms with Crippen molar-refractivity contribution in [3.8, 4) is 0 Å². The Kier molecular flexibility index (Phi) is 3.95. The normalized spacial score (nSPS) is 21.5. The fraction of sp³-hybridized carbons (Fsp3) is 0.471. The third kappa shape index (κ3) is 2.63. The number of aryl methyl sites for hydroxylation is 3. The summed E-state index contributed by atoms with van der Waals surface area (Å²) in [7, 11) is 0. The molecule has 118 valence electrons. The van der Waals surface area contributed by atoms with Crippen LogP contribution in [0.2, 0.25) is 0 Å². The summed E-state index contributed by atoms with van der Waals surface area (Å²) in [5.41, 5.74) is 2.98. The number of aliphatic hydroxyl groups is 1. The van der Waals surface area contributed by atoms with Crippen molar-refractivity contribution in [2.24, 2.45) is 0 Å². The maximum absolute atomic E-state index is 12.4. The number of rotatable bonds is 3. The highest BCUT2D eigenvalue weighted by atomic mass is 32.2. The number of thioether (sulfide) groups is 1. The van der Waals surface area contributed by atoms with E-state index >= 15 is 0 Å². The van der Waals surface area contributed by atoms with E-state index in [-0.39, 0.29) is 12.5 Å². The molecule has 1 amide bonds. The van der Waals surface area contributed by atoms with Crippen molar-refractivity contribution in [2.45, 2.75) is 32.8 Å². The summed E-state index contributed by atoms with van der Waals surface area (Å²) in [6.45, 7) is 6.18. The number of amides is 1. The molecule has 1 unspecified atom stereocenters. The molecule has 5 heteroatoms. The Morgan fingerprint density at radius 3 is 2.73 bits per heavy atom. The van der Waals surface area contributed by atoms with Gasteiger partial charge in [0.2, 0.25) is 0 Å². The van der Waals surface area contributed by atoms with E-state index in [0.29, 0.717) is 11.5 Å². The van der Waals surface area contributed by atoms with E-state index in [0.717, 1.165) is 39.8 Å². The van der Waals surface area contributed by atoms with Crippen LogP contribution in [0.15, 0.2) is 16.5 Å². The van der Waals surface area contributed by atoms with Crippen LogP contribution >= 0.6 is 11.8 Å². The number of hydrogen-bond acceptors (Lipinski definition) is 4. The van der Waals surface area contributed by atoms with Crippen LogP contribution in [-0.2, 0) is 0 Å². The topological polar surface area (TPSA) is 62.5 Å². The molecular formula is C17H21NO3S. The SMILES string of the molecule is Cc1ccc(C)c2c(C)c(C(=O)NCC3(O)CCSC3)oc12. The average molecular weight is 319 g/mol. The summed E-state index contributed by atoms with van der Waals surface area (Å²) in [5, 5.41) is 14.2. The molecule has 0 radical (unpaired) electrons. The zero-order valence-electron chi connectivity index (χ0n) is 13.2. The van der Waals surface area contributed by atoms with Crippen LogP contribution in [0.4, 0.5) is 0 Å². The molecule has 2 N–H and O–H groups in total. The van der Waals surface area contributed by atoms with E-state index in [4.69, 9.17) is 4.42 Å². The second kappa shape index (κ2) is 5.63. The van der Waals surface area contributed by atoms with Gasteiger partial charge in [0.15, 0.2) is 5.76 Å². The number of benzene rings is 1. The Bertz CT molecular complexity index is 729. The molecule has 2 aromatic rings. The van der Waals surface area contributed by atoms with Crippen molar-refractivity contribution >= 4 is 28.6 Å². The standard InChI is InChI=1S/C17H21NO3S/c1-10-4-5-11(2)14-13(10)12(3)15(21-14)16(19)18-8-17(20)6-7-22-9-17/h4-5,20H,6-9H2,1-3H3,(H,18,19). The highest BCUT2D eigenvalue weighted by molar-refractivity contribution is 7.99. The first-order chi connectivity index (χ1) is 10.4. The molecule has 1 saturated heterocycles. The van der Waals surface area contributed by atoms with E-state index in [1.807, 2.05) is 32.9 Å². The molecule has 22 heavy (non-hydrogen) atoms. The second-order valence-electron chi connectivity index (χ2n) is 6.17. The van der Waals surface area contributed by atoms with E-state index in [2.05, 4.69) is 5.32 Å². The number of furan rings is 1. The fourth-order valence-corrected chi connectivity index (χ4v) is 4.25. The minimum Gasteiger partial charge on any atom is -0.450 e. The van der Waals surface area contributed by atoms with Gasteiger partial charge in [0.1, 0.15) is 5.58 Å². The number of carbonyl (C=O) groups is 1. The second-order valence-corrected chi connectivity index (χ2v) is 7.27. The van der Waals surface area contributed by atoms with Crippen LogP contribution < -0.4 is 5.32 Å². The van der Waals surface area contributed by atoms with Crippen molar-refractivity contribution in [3.63, 3.8) is 0 Å². The third-order valence-corrected chi connectivity index (χ3v) is 5.58. The molecule has 0 saturated carbocycles. The Morgan fingerprint density at radius 2 is 2.09 bits per heavy atom. The van der Waals surface area contributed by atoms with Gasteiger partial charge in [0.05, 0.1) is 5.60 Å². The largest absolute Gasteiger partial charge is 0.450 e. The molecule has 0 bridgehead atoms. The average Bonchev–Trinajstić information content (AvgIpc) is 3.06. The van der Waals surface area contributed by atoms with Crippen LogP contribution in [0.1, 0.15) is 33.7 Å². The van der Waals surface area contributed by atoms with Crippen molar-refractivity contribution < 1.29 is 14.3 Å². The van der Waals surface area contributed by atoms with Gasteiger partial charge >= 0.3 is 0 Å². The molecule has 4 nitrogen and oxygen atoms in total. The maximum atomic E-state index is 12.4. The first-order valence-electron chi connectivity index (χ1n) is 7.49. The Labute approximate surface area is 134 Å². The molecule has 0 spiro atoms. The fourth-order valence-electron chi connectivity index (χ4n) is 2.95. The summed E-state index contributed by atoms with van der Waals surface area (Å²) in [4.78, 5) is 12.4. The van der Waals surface area contributed by atoms with Crippen molar-refractivity contribution in [3.05, 3.63) is 34.6 Å². The lowest BCUT2D eigenvalue weighted by Gasteiger charge is -2.21. The monoisotopic (exact) mass is 319 g/mol. The van der Waals surface area contributed by atoms with Crippen molar-refractivity contribution in [1.29, 1.82) is 0 Å². The Hall–Kier alpha value is -1.46. The molecule has 1 atom stereocenters. The summed E-state index contributed by atoms with van der Waals surface area (Å²) in [6, 6.07) is 4.04. The molecule has 2 heterocycles. The van der Waals surface area contributed by atoms with Gasteiger partial charge in [-0.3, -0.25) is 4.79 Å². The smallest absolute Gasteiger partial charge is 0.287 e. The molecule has 0 aliphatic carbocycles. The van der Waals surface area contributed by atoms with E-state index in [1.54, 1.807) is 11.8 Å². The predicted molar refractivity (Wildman–Crippen MR) is 89.7 cm³/mol. The minimum absolute atomic E-state index is 0.252. The third-order valence-electron chi connectivity index (χ3n) is 4.35. The lowest BCUT2D eigenvalue weighted by molar-refractivity contribution is 0.0603. The molecular weight excluding hydrogens is 298 g/mol. The van der Waals surface area contributed by atoms with Crippen LogP contribution in [0.25, 0.3) is 11.0 Å². The van der Waals surface area contributed by atoms with Gasteiger partial charge in [-0.2, -0.15) is 11.8 Å². The maximum Gasteiger partial charge on any atom is 0.287 e. The molecule has 1 aromatic carbocycles. The summed E-state index contributed by atoms with van der Waals surface area (Å²) >= 11 is 1.71. The lowest BCUT2D eigenvalue weighted by atomic mass is 10.0. The van der Waals surface area contributed by atoms with Crippen LogP contribution in [0.5, 0.6) is 0 Å². The van der Waals surface area contributed by atoms with E-state index in [1.165, 1.54) is 0 Å². The number of carbonyl (C=O) groups excluding carboxylic acids is 1. The van der Waals surface area contributed by atoms with Crippen molar-refractivity contribution in [2.75, 3.05) is 18.1 Å². The Balaban J connectivity index is 1.87. The number of fused-ring (bicyclic) bond motifs is 1. The van der Waals surface area contributed by atoms with E-state index in [9.17, 15) is 9.90 Å². The highest BCUT2D eigenvalue weighted by Crippen LogP contribution is 2.31. The first-order valence-corrected chi connectivity index (χ1v) is 8.64. The predicted octanol–water partition coefficient (Wildman–Crippen LogP) is 2.96. The van der Waals surface area contributed by atoms with Crippen LogP contribution in [0, 0.1) is 20.8 Å². The van der Waals surface area contributed by atoms with Gasteiger partial charge < -0.3 is 14.8 Å². The van der Waals surface area contributed by atoms with E-state index < -0.39 is 5.60 Å². The lowest BCUT2D eigenvalue weighted by Crippen LogP contribution is -2.43. The first kappa shape index (κ1) is 15.4. The zero-order chi connectivity index (χ0) is 15.9. The summed E-state index contributed by atoms with van der Waals surface area (Å²) < 4.78 is 5.82. The van der Waals surface area contributed by atoms with Crippen LogP contribution in [-0.4, -0.2) is 34.7 Å². The zero-order valence-corrected chi connectivity index (χ0v) is 14.0. The summed E-state index contributed by atoms with van der Waals surface area (Å²) in [6.07, 6.45) is 0.718. The van der Waals surface area contributed by atoms with Gasteiger partial charge in [0.25, 0.3) is 5.91 Å². The quantitative estimate of drug-likeness (QED) is 0.913.